The van der Waals surface area contributed by atoms with Crippen molar-refractivity contribution in [3.05, 3.63) is 25.3 Å². The van der Waals surface area contributed by atoms with Crippen molar-refractivity contribution >= 4 is 60.7 Å². The van der Waals surface area contributed by atoms with E-state index in [1.165, 1.54) is 34.4 Å². The first-order chi connectivity index (χ1) is 20.6. The van der Waals surface area contributed by atoms with Crippen molar-refractivity contribution in [3.8, 4) is 0 Å². The Morgan fingerprint density at radius 1 is 0.884 bits per heavy atom. The van der Waals surface area contributed by atoms with Crippen LogP contribution in [0.1, 0.15) is 12.5 Å². The zero-order valence-electron chi connectivity index (χ0n) is 21.4. The van der Waals surface area contributed by atoms with E-state index < -0.39 is 77.4 Å². The minimum atomic E-state index is -4.21. The predicted molar refractivity (Wildman–Crippen MR) is 143 cm³/mol. The molecule has 3 fully saturated rings. The molecule has 5 N–H and O–H groups in total. The van der Waals surface area contributed by atoms with Gasteiger partial charge in [0, 0.05) is 4.57 Å². The summed E-state index contributed by atoms with van der Waals surface area (Å²) in [5.74, 6) is 0.133. The van der Waals surface area contributed by atoms with E-state index in [0.29, 0.717) is 0 Å². The number of imidazole rings is 2. The third-order valence-corrected chi connectivity index (χ3v) is 9.40. The van der Waals surface area contributed by atoms with E-state index in [1.54, 1.807) is 0 Å². The maximum absolute atomic E-state index is 15.9. The molecule has 18 nitrogen and oxygen atoms in total. The molecule has 3 saturated heterocycles. The monoisotopic (exact) mass is 661 g/mol. The van der Waals surface area contributed by atoms with E-state index in [0.717, 1.165) is 0 Å². The Bertz CT molecular complexity index is 1770. The number of nitrogens with zero attached hydrogens (tertiary/aromatic N) is 8. The summed E-state index contributed by atoms with van der Waals surface area (Å²) in [6, 6.07) is 0. The van der Waals surface area contributed by atoms with Crippen LogP contribution < -0.4 is 11.5 Å². The van der Waals surface area contributed by atoms with Crippen LogP contribution in [0.3, 0.4) is 0 Å². The molecular weight excluding hydrogens is 640 g/mol. The lowest BCUT2D eigenvalue weighted by Crippen LogP contribution is -2.36. The number of anilines is 2. The van der Waals surface area contributed by atoms with Gasteiger partial charge in [-0.05, 0) is 11.8 Å². The van der Waals surface area contributed by atoms with Crippen LogP contribution in [0.4, 0.5) is 20.4 Å². The lowest BCUT2D eigenvalue weighted by Gasteiger charge is -2.25. The molecule has 228 valence electrons. The van der Waals surface area contributed by atoms with Gasteiger partial charge in [0.1, 0.15) is 48.6 Å². The smallest absolute Gasteiger partial charge is 0.382 e. The topological polar surface area (TPSA) is 232 Å². The number of hydrogen-bond donors (Lipinski definition) is 3. The maximum atomic E-state index is 15.9. The number of aromatic nitrogens is 8. The Morgan fingerprint density at radius 3 is 2.00 bits per heavy atom. The minimum absolute atomic E-state index is 0.0661. The van der Waals surface area contributed by atoms with Crippen molar-refractivity contribution in [2.45, 2.75) is 49.2 Å². The van der Waals surface area contributed by atoms with Crippen molar-refractivity contribution < 1.29 is 45.8 Å². The summed E-state index contributed by atoms with van der Waals surface area (Å²) < 4.78 is 80.4. The Hall–Kier alpha value is -2.97. The van der Waals surface area contributed by atoms with E-state index in [2.05, 4.69) is 29.9 Å². The van der Waals surface area contributed by atoms with Gasteiger partial charge < -0.3 is 30.4 Å². The predicted octanol–water partition coefficient (Wildman–Crippen LogP) is 0.993. The highest BCUT2D eigenvalue weighted by atomic mass is 32.5. The first-order valence-electron chi connectivity index (χ1n) is 12.5. The molecule has 3 aliphatic rings. The van der Waals surface area contributed by atoms with E-state index in [4.69, 9.17) is 50.8 Å². The molecule has 7 rings (SSSR count). The fourth-order valence-electron chi connectivity index (χ4n) is 5.08. The SMILES string of the molecule is Nc1ncnc2c1ncn2[C@@H]1O[C@@H]2CO[P+](=O)O[C@@H]3C(COP(O)(=S)O[C@H]2[C@H]1F)O[C@@H](n1cnc2c(N)ncnc21)[C@@H]3F. The lowest BCUT2D eigenvalue weighted by atomic mass is 10.1. The van der Waals surface area contributed by atoms with Crippen molar-refractivity contribution in [3.63, 3.8) is 0 Å². The molecule has 43 heavy (non-hydrogen) atoms. The second-order valence-corrected chi connectivity index (χ2v) is 13.3. The fraction of sp³-hybridized carbons (Fsp3) is 0.500. The van der Waals surface area contributed by atoms with Gasteiger partial charge in [-0.2, -0.15) is 0 Å². The normalized spacial score (nSPS) is 36.3. The van der Waals surface area contributed by atoms with Crippen LogP contribution in [-0.4, -0.2) is 93.9 Å². The van der Waals surface area contributed by atoms with Crippen molar-refractivity contribution in [1.29, 1.82) is 0 Å². The van der Waals surface area contributed by atoms with Gasteiger partial charge in [0.2, 0.25) is 0 Å². The van der Waals surface area contributed by atoms with Gasteiger partial charge in [0.25, 0.3) is 0 Å². The Morgan fingerprint density at radius 2 is 1.42 bits per heavy atom. The molecule has 23 heteroatoms. The van der Waals surface area contributed by atoms with Gasteiger partial charge in [-0.3, -0.25) is 13.7 Å². The average Bonchev–Trinajstić information content (AvgIpc) is 3.73. The Balaban J connectivity index is 1.14. The quantitative estimate of drug-likeness (QED) is 0.254. The van der Waals surface area contributed by atoms with Gasteiger partial charge >= 0.3 is 15.0 Å². The molecule has 3 unspecified atom stereocenters. The number of hydrogen-bond acceptors (Lipinski definition) is 16. The van der Waals surface area contributed by atoms with Crippen LogP contribution in [0, 0.1) is 0 Å². The number of halogens is 2. The minimum Gasteiger partial charge on any atom is -0.382 e. The zero-order chi connectivity index (χ0) is 30.0. The summed E-state index contributed by atoms with van der Waals surface area (Å²) >= 11 is 5.14. The number of nitrogen functional groups attached to an aromatic ring is 2. The van der Waals surface area contributed by atoms with Gasteiger partial charge in [0.05, 0.1) is 19.3 Å². The van der Waals surface area contributed by atoms with E-state index in [9.17, 15) is 9.46 Å². The summed E-state index contributed by atoms with van der Waals surface area (Å²) in [5, 5.41) is 0. The molecule has 0 saturated carbocycles. The number of alkyl halides is 2. The molecule has 7 heterocycles. The van der Waals surface area contributed by atoms with Crippen molar-refractivity contribution in [2.75, 3.05) is 24.7 Å². The van der Waals surface area contributed by atoms with E-state index >= 15 is 8.78 Å². The van der Waals surface area contributed by atoms with Gasteiger partial charge in [-0.1, -0.05) is 0 Å². The molecule has 0 aromatic carbocycles. The van der Waals surface area contributed by atoms with Crippen LogP contribution in [0.2, 0.25) is 0 Å². The van der Waals surface area contributed by atoms with E-state index in [1.807, 2.05) is 0 Å². The van der Waals surface area contributed by atoms with Gasteiger partial charge in [0.15, 0.2) is 53.8 Å². The van der Waals surface area contributed by atoms with Gasteiger partial charge in [-0.25, -0.2) is 38.7 Å². The van der Waals surface area contributed by atoms with Crippen molar-refractivity contribution in [2.24, 2.45) is 0 Å². The highest BCUT2D eigenvalue weighted by Gasteiger charge is 2.55. The summed E-state index contributed by atoms with van der Waals surface area (Å²) in [4.78, 5) is 34.9. The zero-order valence-corrected chi connectivity index (χ0v) is 24.0. The summed E-state index contributed by atoms with van der Waals surface area (Å²) in [7, 11) is -3.00. The third-order valence-electron chi connectivity index (χ3n) is 7.07. The maximum Gasteiger partial charge on any atom is 0.697 e. The lowest BCUT2D eigenvalue weighted by molar-refractivity contribution is -0.0558. The van der Waals surface area contributed by atoms with Crippen LogP contribution in [0.25, 0.3) is 22.3 Å². The Labute approximate surface area is 244 Å². The average molecular weight is 661 g/mol. The summed E-state index contributed by atoms with van der Waals surface area (Å²) in [6.45, 7) is -5.35. The molecule has 0 bridgehead atoms. The number of rotatable bonds is 2. The molecular formula is C20H21F2N10O8P2S+. The third kappa shape index (κ3) is 5.04. The molecule has 4 aromatic rings. The molecule has 0 aliphatic carbocycles. The standard InChI is InChI=1S/C20H20F2N10O8P2S/c21-9-13-8(38-19(9)31-5-29-11-15(23)25-3-27-17(11)31)2-36-42(34,43)40-14-7(1-35-41(33)39-13)37-20(10(14)22)32-6-30-12-16(24)26-4-28-18(12)32/h3-10,13-14,19-20H,1-2H2,(H4-,23,24,25,26,27,28,34,43)/p+1/t7-,8?,9-,10-,13-,14-,19-,20-,42?/m1/s1. The van der Waals surface area contributed by atoms with E-state index in [-0.39, 0.29) is 34.0 Å². The van der Waals surface area contributed by atoms with Crippen LogP contribution in [0.15, 0.2) is 25.3 Å². The largest absolute Gasteiger partial charge is 0.697 e. The second-order valence-electron chi connectivity index (χ2n) is 9.61. The molecule has 3 aliphatic heterocycles. The number of fused-ring (bicyclic) bond motifs is 4. The van der Waals surface area contributed by atoms with Crippen molar-refractivity contribution in [1.82, 2.24) is 39.0 Å². The van der Waals surface area contributed by atoms with Gasteiger partial charge in [-0.15, -0.1) is 9.05 Å². The molecule has 10 atom stereocenters. The number of nitrogens with two attached hydrogens (primary N) is 2. The highest BCUT2D eigenvalue weighted by Crippen LogP contribution is 2.52. The Kier molecular flexibility index (Phi) is 7.28. The fourth-order valence-corrected chi connectivity index (χ4v) is 7.30. The molecule has 0 spiro atoms. The summed E-state index contributed by atoms with van der Waals surface area (Å²) in [5.41, 5.74) is 12.4. The van der Waals surface area contributed by atoms with Crippen LogP contribution >= 0.6 is 15.0 Å². The first-order valence-corrected chi connectivity index (χ1v) is 16.2. The first kappa shape index (κ1) is 28.8. The molecule has 0 amide bonds. The molecule has 4 aromatic heterocycles. The highest BCUT2D eigenvalue weighted by molar-refractivity contribution is 8.07. The second kappa shape index (κ2) is 10.9. The summed E-state index contributed by atoms with van der Waals surface area (Å²) in [6.07, 6.45) is -7.48. The number of ether oxygens (including phenoxy) is 2. The van der Waals surface area contributed by atoms with Crippen LogP contribution in [0.5, 0.6) is 0 Å². The van der Waals surface area contributed by atoms with Crippen LogP contribution in [-0.2, 0) is 43.9 Å². The molecule has 0 radical (unpaired) electrons.